The molecule has 2 unspecified atom stereocenters. The highest BCUT2D eigenvalue weighted by Gasteiger charge is 2.21. The molecule has 0 aromatic carbocycles. The third-order valence-corrected chi connectivity index (χ3v) is 5.07. The number of nitrogens with one attached hydrogen (secondary N) is 1. The Kier molecular flexibility index (Phi) is 6.74. The van der Waals surface area contributed by atoms with Gasteiger partial charge in [-0.2, -0.15) is 11.8 Å². The second-order valence-corrected chi connectivity index (χ2v) is 6.42. The van der Waals surface area contributed by atoms with Crippen molar-refractivity contribution < 1.29 is 0 Å². The molecule has 0 radical (unpaired) electrons. The van der Waals surface area contributed by atoms with Crippen LogP contribution in [0.25, 0.3) is 0 Å². The van der Waals surface area contributed by atoms with E-state index in [1.54, 1.807) is 0 Å². The average molecular weight is 229 g/mol. The van der Waals surface area contributed by atoms with E-state index in [2.05, 4.69) is 38.0 Å². The van der Waals surface area contributed by atoms with Gasteiger partial charge in [0.1, 0.15) is 0 Å². The van der Waals surface area contributed by atoms with Crippen LogP contribution in [-0.4, -0.2) is 24.1 Å². The molecular formula is C13H27NS. The molecule has 1 saturated carbocycles. The highest BCUT2D eigenvalue weighted by Crippen LogP contribution is 2.28. The van der Waals surface area contributed by atoms with Crippen molar-refractivity contribution in [3.05, 3.63) is 0 Å². The minimum atomic E-state index is 0.758. The molecule has 15 heavy (non-hydrogen) atoms. The van der Waals surface area contributed by atoms with Crippen LogP contribution in [0.3, 0.4) is 0 Å². The van der Waals surface area contributed by atoms with E-state index in [0.717, 1.165) is 17.2 Å². The van der Waals surface area contributed by atoms with Crippen LogP contribution >= 0.6 is 11.8 Å². The van der Waals surface area contributed by atoms with Crippen LogP contribution in [0.2, 0.25) is 0 Å². The van der Waals surface area contributed by atoms with E-state index in [1.807, 2.05) is 0 Å². The fourth-order valence-electron chi connectivity index (χ4n) is 2.30. The van der Waals surface area contributed by atoms with Crippen molar-refractivity contribution in [3.8, 4) is 0 Å². The minimum absolute atomic E-state index is 0.758. The summed E-state index contributed by atoms with van der Waals surface area (Å²) in [6, 6.07) is 0.758. The van der Waals surface area contributed by atoms with Gasteiger partial charge < -0.3 is 5.32 Å². The molecule has 1 aliphatic carbocycles. The molecule has 2 atom stereocenters. The van der Waals surface area contributed by atoms with Gasteiger partial charge in [0.05, 0.1) is 0 Å². The van der Waals surface area contributed by atoms with E-state index in [0.29, 0.717) is 0 Å². The Bertz CT molecular complexity index is 159. The molecule has 0 spiro atoms. The first kappa shape index (κ1) is 13.4. The van der Waals surface area contributed by atoms with E-state index < -0.39 is 0 Å². The zero-order valence-corrected chi connectivity index (χ0v) is 11.4. The summed E-state index contributed by atoms with van der Waals surface area (Å²) in [4.78, 5) is 0. The summed E-state index contributed by atoms with van der Waals surface area (Å²) in [5.41, 5.74) is 0. The van der Waals surface area contributed by atoms with E-state index in [1.165, 1.54) is 44.3 Å². The van der Waals surface area contributed by atoms with Gasteiger partial charge in [-0.1, -0.05) is 39.5 Å². The van der Waals surface area contributed by atoms with Gasteiger partial charge >= 0.3 is 0 Å². The van der Waals surface area contributed by atoms with Gasteiger partial charge in [-0.15, -0.1) is 0 Å². The Morgan fingerprint density at radius 2 is 1.80 bits per heavy atom. The maximum Gasteiger partial charge on any atom is 0.0201 e. The predicted molar refractivity (Wildman–Crippen MR) is 71.6 cm³/mol. The summed E-state index contributed by atoms with van der Waals surface area (Å²) >= 11 is 2.20. The van der Waals surface area contributed by atoms with Crippen molar-refractivity contribution in [1.82, 2.24) is 5.32 Å². The first-order valence-electron chi connectivity index (χ1n) is 6.53. The molecule has 1 aliphatic rings. The molecule has 0 bridgehead atoms. The molecule has 0 heterocycles. The fraction of sp³-hybridized carbons (Fsp3) is 1.00. The number of hydrogen-bond acceptors (Lipinski definition) is 2. The Morgan fingerprint density at radius 3 is 2.40 bits per heavy atom. The SMILES string of the molecule is CNC1CCCCCCC1SCC(C)C. The summed E-state index contributed by atoms with van der Waals surface area (Å²) in [6.07, 6.45) is 8.56. The topological polar surface area (TPSA) is 12.0 Å². The first-order chi connectivity index (χ1) is 7.24. The van der Waals surface area contributed by atoms with Gasteiger partial charge in [0.2, 0.25) is 0 Å². The largest absolute Gasteiger partial charge is 0.316 e. The summed E-state index contributed by atoms with van der Waals surface area (Å²) in [5.74, 6) is 2.15. The maximum atomic E-state index is 3.52. The van der Waals surface area contributed by atoms with E-state index in [4.69, 9.17) is 0 Å². The highest BCUT2D eigenvalue weighted by molar-refractivity contribution is 7.99. The Hall–Kier alpha value is 0.310. The lowest BCUT2D eigenvalue weighted by atomic mass is 9.96. The normalized spacial score (nSPS) is 28.8. The summed E-state index contributed by atoms with van der Waals surface area (Å²) in [6.45, 7) is 4.65. The van der Waals surface area contributed by atoms with Gasteiger partial charge in [-0.25, -0.2) is 0 Å². The van der Waals surface area contributed by atoms with Crippen molar-refractivity contribution in [1.29, 1.82) is 0 Å². The van der Waals surface area contributed by atoms with Crippen LogP contribution in [-0.2, 0) is 0 Å². The smallest absolute Gasteiger partial charge is 0.0201 e. The standard InChI is InChI=1S/C13H27NS/c1-11(2)10-15-13-9-7-5-4-6-8-12(13)14-3/h11-14H,4-10H2,1-3H3. The van der Waals surface area contributed by atoms with Crippen LogP contribution < -0.4 is 5.32 Å². The molecule has 1 N–H and O–H groups in total. The van der Waals surface area contributed by atoms with Crippen molar-refractivity contribution in [2.75, 3.05) is 12.8 Å². The molecule has 0 aliphatic heterocycles. The second kappa shape index (κ2) is 7.56. The van der Waals surface area contributed by atoms with Gasteiger partial charge in [0.25, 0.3) is 0 Å². The zero-order valence-electron chi connectivity index (χ0n) is 10.6. The van der Waals surface area contributed by atoms with Crippen molar-refractivity contribution in [2.45, 2.75) is 63.7 Å². The number of hydrogen-bond donors (Lipinski definition) is 1. The van der Waals surface area contributed by atoms with Gasteiger partial charge in [0.15, 0.2) is 0 Å². The predicted octanol–water partition coefficient (Wildman–Crippen LogP) is 3.69. The van der Waals surface area contributed by atoms with Crippen LogP contribution in [0.4, 0.5) is 0 Å². The van der Waals surface area contributed by atoms with Crippen molar-refractivity contribution in [3.63, 3.8) is 0 Å². The molecule has 90 valence electrons. The van der Waals surface area contributed by atoms with Gasteiger partial charge in [0, 0.05) is 11.3 Å². The van der Waals surface area contributed by atoms with E-state index in [9.17, 15) is 0 Å². The van der Waals surface area contributed by atoms with Crippen molar-refractivity contribution in [2.24, 2.45) is 5.92 Å². The Labute approximate surface area is 99.8 Å². The lowest BCUT2D eigenvalue weighted by Crippen LogP contribution is -2.36. The molecular weight excluding hydrogens is 202 g/mol. The lowest BCUT2D eigenvalue weighted by molar-refractivity contribution is 0.420. The maximum absolute atomic E-state index is 3.52. The third kappa shape index (κ3) is 5.26. The molecule has 0 saturated heterocycles. The Balaban J connectivity index is 2.38. The van der Waals surface area contributed by atoms with Gasteiger partial charge in [-0.05, 0) is 31.6 Å². The third-order valence-electron chi connectivity index (χ3n) is 3.22. The quantitative estimate of drug-likeness (QED) is 0.789. The summed E-state index contributed by atoms with van der Waals surface area (Å²) in [5, 5.41) is 4.38. The zero-order chi connectivity index (χ0) is 11.1. The number of thioether (sulfide) groups is 1. The summed E-state index contributed by atoms with van der Waals surface area (Å²) in [7, 11) is 2.13. The van der Waals surface area contributed by atoms with Gasteiger partial charge in [-0.3, -0.25) is 0 Å². The highest BCUT2D eigenvalue weighted by atomic mass is 32.2. The Morgan fingerprint density at radius 1 is 1.13 bits per heavy atom. The van der Waals surface area contributed by atoms with Crippen molar-refractivity contribution >= 4 is 11.8 Å². The molecule has 0 aromatic rings. The minimum Gasteiger partial charge on any atom is -0.316 e. The average Bonchev–Trinajstić information content (AvgIpc) is 2.16. The first-order valence-corrected chi connectivity index (χ1v) is 7.57. The molecule has 0 amide bonds. The molecule has 1 nitrogen and oxygen atoms in total. The van der Waals surface area contributed by atoms with Crippen LogP contribution in [0.15, 0.2) is 0 Å². The molecule has 1 fully saturated rings. The van der Waals surface area contributed by atoms with Crippen LogP contribution in [0.5, 0.6) is 0 Å². The van der Waals surface area contributed by atoms with Crippen LogP contribution in [0.1, 0.15) is 52.4 Å². The van der Waals surface area contributed by atoms with E-state index in [-0.39, 0.29) is 0 Å². The molecule has 1 rings (SSSR count). The van der Waals surface area contributed by atoms with E-state index >= 15 is 0 Å². The summed E-state index contributed by atoms with van der Waals surface area (Å²) < 4.78 is 0. The molecule has 0 aromatic heterocycles. The monoisotopic (exact) mass is 229 g/mol. The fourth-order valence-corrected chi connectivity index (χ4v) is 3.77. The number of rotatable bonds is 4. The molecule has 2 heteroatoms. The van der Waals surface area contributed by atoms with Crippen LogP contribution in [0, 0.1) is 5.92 Å². The second-order valence-electron chi connectivity index (χ2n) is 5.15. The lowest BCUT2D eigenvalue weighted by Gasteiger charge is -2.29.